The van der Waals surface area contributed by atoms with Crippen LogP contribution in [0.3, 0.4) is 0 Å². The molecule has 148 valence electrons. The number of hydrogen-bond donors (Lipinski definition) is 0. The summed E-state index contributed by atoms with van der Waals surface area (Å²) >= 11 is 0. The topological polar surface area (TPSA) is 56.6 Å². The van der Waals surface area contributed by atoms with Crippen LogP contribution in [-0.2, 0) is 22.3 Å². The van der Waals surface area contributed by atoms with Gasteiger partial charge in [0.15, 0.2) is 11.5 Å². The van der Waals surface area contributed by atoms with Crippen LogP contribution in [-0.4, -0.2) is 52.7 Å². The zero-order chi connectivity index (χ0) is 19.1. The molecule has 5 rings (SSSR count). The van der Waals surface area contributed by atoms with E-state index in [0.717, 1.165) is 42.6 Å². The maximum atomic E-state index is 13.3. The van der Waals surface area contributed by atoms with Gasteiger partial charge in [-0.2, -0.15) is 5.10 Å². The first-order valence-electron chi connectivity index (χ1n) is 10.1. The van der Waals surface area contributed by atoms with Crippen LogP contribution in [0.4, 0.5) is 4.39 Å². The van der Waals surface area contributed by atoms with Crippen LogP contribution in [0.1, 0.15) is 47.4 Å². The highest BCUT2D eigenvalue weighted by molar-refractivity contribution is 5.94. The van der Waals surface area contributed by atoms with E-state index in [1.165, 1.54) is 12.1 Å². The zero-order valence-electron chi connectivity index (χ0n) is 15.8. The Hall–Kier alpha value is -2.25. The summed E-state index contributed by atoms with van der Waals surface area (Å²) in [5, 5.41) is 4.70. The van der Waals surface area contributed by atoms with Crippen molar-refractivity contribution >= 4 is 5.91 Å². The molecule has 0 atom stereocenters. The predicted octanol–water partition coefficient (Wildman–Crippen LogP) is 2.87. The number of aromatic nitrogens is 2. The number of halogens is 1. The number of nitrogens with zero attached hydrogens (tertiary/aromatic N) is 3. The van der Waals surface area contributed by atoms with E-state index >= 15 is 0 Å². The second-order valence-electron chi connectivity index (χ2n) is 7.77. The maximum Gasteiger partial charge on any atom is 0.274 e. The van der Waals surface area contributed by atoms with Crippen molar-refractivity contribution in [3.63, 3.8) is 0 Å². The Bertz CT molecular complexity index is 877. The minimum atomic E-state index is -0.496. The largest absolute Gasteiger partial charge is 0.347 e. The average molecular weight is 385 g/mol. The molecule has 1 amide bonds. The third-order valence-electron chi connectivity index (χ3n) is 6.08. The Labute approximate surface area is 163 Å². The number of likely N-dealkylation sites (tertiary alicyclic amines) is 1. The fourth-order valence-electron chi connectivity index (χ4n) is 4.55. The number of benzene rings is 1. The van der Waals surface area contributed by atoms with Crippen molar-refractivity contribution in [2.75, 3.05) is 26.3 Å². The van der Waals surface area contributed by atoms with Gasteiger partial charge >= 0.3 is 0 Å². The molecule has 0 saturated carbocycles. The van der Waals surface area contributed by atoms with E-state index in [9.17, 15) is 9.18 Å². The van der Waals surface area contributed by atoms with Gasteiger partial charge in [-0.05, 0) is 49.9 Å². The summed E-state index contributed by atoms with van der Waals surface area (Å²) in [4.78, 5) is 15.1. The second kappa shape index (κ2) is 6.97. The van der Waals surface area contributed by atoms with Gasteiger partial charge in [-0.25, -0.2) is 9.07 Å². The van der Waals surface area contributed by atoms with Crippen LogP contribution >= 0.6 is 0 Å². The lowest BCUT2D eigenvalue weighted by Crippen LogP contribution is -2.47. The van der Waals surface area contributed by atoms with Gasteiger partial charge in [0.25, 0.3) is 5.91 Å². The Balaban J connectivity index is 1.43. The smallest absolute Gasteiger partial charge is 0.274 e. The lowest BCUT2D eigenvalue weighted by molar-refractivity contribution is -0.181. The van der Waals surface area contributed by atoms with E-state index in [2.05, 4.69) is 0 Å². The SMILES string of the molecule is O=C(c1nn(-c2ccc(F)cc2)c2c1CCCC2)N1CCC2(CC1)OCCO2. The first-order valence-corrected chi connectivity index (χ1v) is 10.1. The van der Waals surface area contributed by atoms with Gasteiger partial charge in [0, 0.05) is 37.2 Å². The average Bonchev–Trinajstić information content (AvgIpc) is 3.34. The predicted molar refractivity (Wildman–Crippen MR) is 99.9 cm³/mol. The molecule has 1 aromatic heterocycles. The normalized spacial score (nSPS) is 21.1. The van der Waals surface area contributed by atoms with E-state index in [4.69, 9.17) is 14.6 Å². The summed E-state index contributed by atoms with van der Waals surface area (Å²) in [5.74, 6) is -0.796. The third-order valence-corrected chi connectivity index (χ3v) is 6.08. The highest BCUT2D eigenvalue weighted by Crippen LogP contribution is 2.33. The van der Waals surface area contributed by atoms with E-state index in [1.54, 1.807) is 12.1 Å². The van der Waals surface area contributed by atoms with Crippen LogP contribution in [0, 0.1) is 5.82 Å². The summed E-state index contributed by atoms with van der Waals surface area (Å²) in [6.07, 6.45) is 5.28. The fourth-order valence-corrected chi connectivity index (χ4v) is 4.55. The molecule has 0 bridgehead atoms. The Kier molecular flexibility index (Phi) is 4.44. The van der Waals surface area contributed by atoms with Gasteiger partial charge in [-0.1, -0.05) is 0 Å². The number of fused-ring (bicyclic) bond motifs is 1. The summed E-state index contributed by atoms with van der Waals surface area (Å²) in [6.45, 7) is 2.47. The minimum absolute atomic E-state index is 0.0214. The summed E-state index contributed by atoms with van der Waals surface area (Å²) in [6, 6.07) is 6.29. The zero-order valence-corrected chi connectivity index (χ0v) is 15.8. The third kappa shape index (κ3) is 3.02. The van der Waals surface area contributed by atoms with Crippen molar-refractivity contribution in [1.29, 1.82) is 0 Å². The van der Waals surface area contributed by atoms with E-state index in [1.807, 2.05) is 9.58 Å². The van der Waals surface area contributed by atoms with E-state index < -0.39 is 5.79 Å². The molecule has 1 spiro atoms. The molecule has 2 saturated heterocycles. The molecule has 0 radical (unpaired) electrons. The highest BCUT2D eigenvalue weighted by Gasteiger charge is 2.41. The van der Waals surface area contributed by atoms with Crippen LogP contribution in [0.5, 0.6) is 0 Å². The van der Waals surface area contributed by atoms with Gasteiger partial charge < -0.3 is 14.4 Å². The molecule has 28 heavy (non-hydrogen) atoms. The summed E-state index contributed by atoms with van der Waals surface area (Å²) < 4.78 is 26.7. The standard InChI is InChI=1S/C21H24FN3O3/c22-15-5-7-16(8-6-15)25-18-4-2-1-3-17(18)19(23-25)20(26)24-11-9-21(10-12-24)27-13-14-28-21/h5-8H,1-4,9-14H2. The van der Waals surface area contributed by atoms with Crippen molar-refractivity contribution in [3.05, 3.63) is 47.0 Å². The number of carbonyl (C=O) groups excluding carboxylic acids is 1. The molecule has 1 aromatic carbocycles. The van der Waals surface area contributed by atoms with E-state index in [0.29, 0.717) is 44.8 Å². The first-order chi connectivity index (χ1) is 13.7. The van der Waals surface area contributed by atoms with Crippen molar-refractivity contribution in [1.82, 2.24) is 14.7 Å². The maximum absolute atomic E-state index is 13.3. The molecule has 2 fully saturated rings. The van der Waals surface area contributed by atoms with Crippen molar-refractivity contribution in [2.45, 2.75) is 44.3 Å². The summed E-state index contributed by atoms with van der Waals surface area (Å²) in [5.41, 5.74) is 3.47. The molecular weight excluding hydrogens is 361 g/mol. The monoisotopic (exact) mass is 385 g/mol. The number of carbonyl (C=O) groups is 1. The Morgan fingerprint density at radius 3 is 2.43 bits per heavy atom. The molecule has 3 aliphatic rings. The molecular formula is C21H24FN3O3. The Morgan fingerprint density at radius 2 is 1.71 bits per heavy atom. The molecule has 2 aliphatic heterocycles. The highest BCUT2D eigenvalue weighted by atomic mass is 19.1. The van der Waals surface area contributed by atoms with Gasteiger partial charge in [0.2, 0.25) is 0 Å². The van der Waals surface area contributed by atoms with Crippen LogP contribution in [0.25, 0.3) is 5.69 Å². The van der Waals surface area contributed by atoms with Crippen LogP contribution in [0.2, 0.25) is 0 Å². The lowest BCUT2D eigenvalue weighted by Gasteiger charge is -2.37. The molecule has 0 N–H and O–H groups in total. The molecule has 2 aromatic rings. The molecule has 3 heterocycles. The quantitative estimate of drug-likeness (QED) is 0.798. The van der Waals surface area contributed by atoms with Crippen LogP contribution in [0.15, 0.2) is 24.3 Å². The number of piperidine rings is 1. The van der Waals surface area contributed by atoms with Crippen LogP contribution < -0.4 is 0 Å². The molecule has 6 nitrogen and oxygen atoms in total. The second-order valence-corrected chi connectivity index (χ2v) is 7.77. The molecule has 0 unspecified atom stereocenters. The number of hydrogen-bond acceptors (Lipinski definition) is 4. The van der Waals surface area contributed by atoms with E-state index in [-0.39, 0.29) is 11.7 Å². The van der Waals surface area contributed by atoms with Gasteiger partial charge in [-0.15, -0.1) is 0 Å². The molecule has 7 heteroatoms. The van der Waals surface area contributed by atoms with Gasteiger partial charge in [0.05, 0.1) is 18.9 Å². The number of amides is 1. The van der Waals surface area contributed by atoms with Gasteiger partial charge in [-0.3, -0.25) is 4.79 Å². The number of rotatable bonds is 2. The number of ether oxygens (including phenoxy) is 2. The van der Waals surface area contributed by atoms with Crippen molar-refractivity contribution in [2.24, 2.45) is 0 Å². The lowest BCUT2D eigenvalue weighted by atomic mass is 9.94. The summed E-state index contributed by atoms with van der Waals surface area (Å²) in [7, 11) is 0. The minimum Gasteiger partial charge on any atom is -0.347 e. The van der Waals surface area contributed by atoms with Crippen molar-refractivity contribution < 1.29 is 18.7 Å². The van der Waals surface area contributed by atoms with Crippen molar-refractivity contribution in [3.8, 4) is 5.69 Å². The Morgan fingerprint density at radius 1 is 1.04 bits per heavy atom. The fraction of sp³-hybridized carbons (Fsp3) is 0.524. The van der Waals surface area contributed by atoms with Gasteiger partial charge in [0.1, 0.15) is 5.82 Å². The molecule has 1 aliphatic carbocycles. The first kappa shape index (κ1) is 17.8.